The van der Waals surface area contributed by atoms with Crippen molar-refractivity contribution in [3.8, 4) is 0 Å². The van der Waals surface area contributed by atoms with Gasteiger partial charge in [0.25, 0.3) is 5.91 Å². The highest BCUT2D eigenvalue weighted by molar-refractivity contribution is 7.98. The van der Waals surface area contributed by atoms with E-state index in [1.54, 1.807) is 24.4 Å². The first-order valence-electron chi connectivity index (χ1n) is 6.22. The van der Waals surface area contributed by atoms with E-state index in [2.05, 4.69) is 10.3 Å². The van der Waals surface area contributed by atoms with Crippen LogP contribution in [0.15, 0.2) is 47.6 Å². The van der Waals surface area contributed by atoms with Crippen LogP contribution in [0.3, 0.4) is 0 Å². The van der Waals surface area contributed by atoms with Gasteiger partial charge in [-0.25, -0.2) is 9.37 Å². The Morgan fingerprint density at radius 3 is 2.95 bits per heavy atom. The molecule has 0 spiro atoms. The summed E-state index contributed by atoms with van der Waals surface area (Å²) in [5.41, 5.74) is 1.43. The van der Waals surface area contributed by atoms with Crippen LogP contribution < -0.4 is 5.32 Å². The number of nitrogens with zero attached hydrogens (tertiary/aromatic N) is 1. The molecule has 0 atom stereocenters. The summed E-state index contributed by atoms with van der Waals surface area (Å²) < 4.78 is 13.0. The molecule has 0 saturated carbocycles. The molecule has 0 unspecified atom stereocenters. The van der Waals surface area contributed by atoms with Gasteiger partial charge < -0.3 is 5.32 Å². The highest BCUT2D eigenvalue weighted by atomic mass is 32.2. The molecule has 0 bridgehead atoms. The molecule has 0 aliphatic heterocycles. The summed E-state index contributed by atoms with van der Waals surface area (Å²) in [6, 6.07) is 9.87. The third kappa shape index (κ3) is 3.81. The lowest BCUT2D eigenvalue weighted by atomic mass is 10.1. The molecule has 0 aliphatic carbocycles. The SMILES string of the molecule is CSc1ncccc1C(=O)NCCc1cccc(F)c1. The number of halogens is 1. The Morgan fingerprint density at radius 1 is 1.35 bits per heavy atom. The molecule has 3 nitrogen and oxygen atoms in total. The Kier molecular flexibility index (Phi) is 5.12. The fraction of sp³-hybridized carbons (Fsp3) is 0.200. The van der Waals surface area contributed by atoms with E-state index in [1.807, 2.05) is 12.3 Å². The first-order valence-corrected chi connectivity index (χ1v) is 7.45. The van der Waals surface area contributed by atoms with Crippen LogP contribution in [-0.2, 0) is 6.42 Å². The summed E-state index contributed by atoms with van der Waals surface area (Å²) in [5, 5.41) is 3.53. The van der Waals surface area contributed by atoms with Gasteiger partial charge in [0, 0.05) is 12.7 Å². The number of amides is 1. The number of hydrogen-bond donors (Lipinski definition) is 1. The number of pyridine rings is 1. The molecule has 1 amide bonds. The Hall–Kier alpha value is -1.88. The second kappa shape index (κ2) is 7.05. The summed E-state index contributed by atoms with van der Waals surface area (Å²) in [5.74, 6) is -0.412. The topological polar surface area (TPSA) is 42.0 Å². The molecule has 0 radical (unpaired) electrons. The van der Waals surface area contributed by atoms with E-state index >= 15 is 0 Å². The molecule has 1 heterocycles. The van der Waals surface area contributed by atoms with Crippen LogP contribution in [0.4, 0.5) is 4.39 Å². The van der Waals surface area contributed by atoms with Gasteiger partial charge in [-0.3, -0.25) is 4.79 Å². The van der Waals surface area contributed by atoms with Gasteiger partial charge in [0.2, 0.25) is 0 Å². The van der Waals surface area contributed by atoms with Crippen molar-refractivity contribution in [2.75, 3.05) is 12.8 Å². The molecule has 0 saturated heterocycles. The van der Waals surface area contributed by atoms with Gasteiger partial charge in [-0.1, -0.05) is 12.1 Å². The maximum atomic E-state index is 13.0. The van der Waals surface area contributed by atoms with Crippen molar-refractivity contribution >= 4 is 17.7 Å². The van der Waals surface area contributed by atoms with E-state index in [9.17, 15) is 9.18 Å². The zero-order valence-corrected chi connectivity index (χ0v) is 11.9. The second-order valence-electron chi connectivity index (χ2n) is 4.20. The largest absolute Gasteiger partial charge is 0.352 e. The predicted molar refractivity (Wildman–Crippen MR) is 78.5 cm³/mol. The van der Waals surface area contributed by atoms with E-state index in [4.69, 9.17) is 0 Å². The Balaban J connectivity index is 1.92. The third-order valence-corrected chi connectivity index (χ3v) is 3.51. The molecule has 2 aromatic rings. The summed E-state index contributed by atoms with van der Waals surface area (Å²) in [6.45, 7) is 0.463. The predicted octanol–water partition coefficient (Wildman–Crippen LogP) is 2.92. The minimum absolute atomic E-state index is 0.154. The highest BCUT2D eigenvalue weighted by Crippen LogP contribution is 2.16. The van der Waals surface area contributed by atoms with Crippen LogP contribution in [0.2, 0.25) is 0 Å². The molecular formula is C15H15FN2OS. The maximum absolute atomic E-state index is 13.0. The molecule has 0 fully saturated rings. The van der Waals surface area contributed by atoms with Gasteiger partial charge in [0.15, 0.2) is 0 Å². The number of nitrogens with one attached hydrogen (secondary N) is 1. The van der Waals surface area contributed by atoms with Crippen molar-refractivity contribution in [3.63, 3.8) is 0 Å². The molecule has 1 aromatic carbocycles. The number of hydrogen-bond acceptors (Lipinski definition) is 3. The van der Waals surface area contributed by atoms with Gasteiger partial charge in [0.1, 0.15) is 10.8 Å². The van der Waals surface area contributed by atoms with Gasteiger partial charge in [-0.05, 0) is 42.5 Å². The first kappa shape index (κ1) is 14.5. The van der Waals surface area contributed by atoms with E-state index in [-0.39, 0.29) is 11.7 Å². The quantitative estimate of drug-likeness (QED) is 0.861. The molecule has 1 N–H and O–H groups in total. The lowest BCUT2D eigenvalue weighted by molar-refractivity contribution is 0.0950. The van der Waals surface area contributed by atoms with Crippen LogP contribution in [0.1, 0.15) is 15.9 Å². The fourth-order valence-corrected chi connectivity index (χ4v) is 2.38. The summed E-state index contributed by atoms with van der Waals surface area (Å²) in [6.07, 6.45) is 4.14. The van der Waals surface area contributed by atoms with E-state index in [0.717, 1.165) is 5.56 Å². The van der Waals surface area contributed by atoms with Crippen molar-refractivity contribution in [1.82, 2.24) is 10.3 Å². The molecule has 2 rings (SSSR count). The van der Waals surface area contributed by atoms with Crippen molar-refractivity contribution in [3.05, 3.63) is 59.5 Å². The van der Waals surface area contributed by atoms with Crippen LogP contribution in [0, 0.1) is 5.82 Å². The summed E-state index contributed by atoms with van der Waals surface area (Å²) in [4.78, 5) is 16.2. The molecule has 0 aliphatic rings. The minimum atomic E-state index is -0.259. The number of thioether (sulfide) groups is 1. The first-order chi connectivity index (χ1) is 9.70. The molecule has 104 valence electrons. The standard InChI is InChI=1S/C15H15FN2OS/c1-20-15-13(6-3-8-18-15)14(19)17-9-7-11-4-2-5-12(16)10-11/h2-6,8,10H,7,9H2,1H3,(H,17,19). The van der Waals surface area contributed by atoms with Crippen LogP contribution in [-0.4, -0.2) is 23.7 Å². The molecule has 1 aromatic heterocycles. The monoisotopic (exact) mass is 290 g/mol. The lowest BCUT2D eigenvalue weighted by Crippen LogP contribution is -2.26. The van der Waals surface area contributed by atoms with Crippen molar-refractivity contribution in [2.24, 2.45) is 0 Å². The number of aromatic nitrogens is 1. The Labute approximate surface area is 121 Å². The van der Waals surface area contributed by atoms with E-state index in [0.29, 0.717) is 23.6 Å². The Bertz CT molecular complexity index is 604. The number of benzene rings is 1. The van der Waals surface area contributed by atoms with Crippen molar-refractivity contribution < 1.29 is 9.18 Å². The maximum Gasteiger partial charge on any atom is 0.254 e. The number of rotatable bonds is 5. The molecular weight excluding hydrogens is 275 g/mol. The van der Waals surface area contributed by atoms with Gasteiger partial charge in [-0.2, -0.15) is 0 Å². The van der Waals surface area contributed by atoms with E-state index < -0.39 is 0 Å². The number of carbonyl (C=O) groups excluding carboxylic acids is 1. The fourth-order valence-electron chi connectivity index (χ4n) is 1.83. The lowest BCUT2D eigenvalue weighted by Gasteiger charge is -2.07. The van der Waals surface area contributed by atoms with Gasteiger partial charge >= 0.3 is 0 Å². The average Bonchev–Trinajstić information content (AvgIpc) is 2.47. The highest BCUT2D eigenvalue weighted by Gasteiger charge is 2.10. The summed E-state index contributed by atoms with van der Waals surface area (Å²) in [7, 11) is 0. The molecule has 20 heavy (non-hydrogen) atoms. The average molecular weight is 290 g/mol. The third-order valence-electron chi connectivity index (χ3n) is 2.80. The minimum Gasteiger partial charge on any atom is -0.352 e. The molecule has 5 heteroatoms. The second-order valence-corrected chi connectivity index (χ2v) is 4.99. The summed E-state index contributed by atoms with van der Waals surface area (Å²) >= 11 is 1.43. The van der Waals surface area contributed by atoms with E-state index in [1.165, 1.54) is 23.9 Å². The Morgan fingerprint density at radius 2 is 2.20 bits per heavy atom. The van der Waals surface area contributed by atoms with Crippen molar-refractivity contribution in [1.29, 1.82) is 0 Å². The normalized spacial score (nSPS) is 10.3. The van der Waals surface area contributed by atoms with Gasteiger partial charge in [-0.15, -0.1) is 11.8 Å². The smallest absolute Gasteiger partial charge is 0.254 e. The zero-order valence-electron chi connectivity index (χ0n) is 11.1. The van der Waals surface area contributed by atoms with Crippen LogP contribution in [0.5, 0.6) is 0 Å². The van der Waals surface area contributed by atoms with Crippen molar-refractivity contribution in [2.45, 2.75) is 11.4 Å². The zero-order chi connectivity index (χ0) is 14.4. The number of carbonyl (C=O) groups is 1. The van der Waals surface area contributed by atoms with Crippen LogP contribution in [0.25, 0.3) is 0 Å². The van der Waals surface area contributed by atoms with Gasteiger partial charge in [0.05, 0.1) is 5.56 Å². The van der Waals surface area contributed by atoms with Crippen LogP contribution >= 0.6 is 11.8 Å².